The van der Waals surface area contributed by atoms with Gasteiger partial charge in [-0.1, -0.05) is 58.7 Å². The SMILES string of the molecule is CC(C)c1ccc(C(O)C2CCCC2)c(C(C)C)c1. The first-order valence-electron chi connectivity index (χ1n) is 7.82. The highest BCUT2D eigenvalue weighted by Crippen LogP contribution is 2.39. The minimum atomic E-state index is -0.263. The summed E-state index contributed by atoms with van der Waals surface area (Å²) in [6.45, 7) is 8.91. The van der Waals surface area contributed by atoms with Gasteiger partial charge in [0.25, 0.3) is 0 Å². The first-order valence-corrected chi connectivity index (χ1v) is 7.82. The molecular weight excluding hydrogens is 232 g/mol. The molecule has 2 rings (SSSR count). The van der Waals surface area contributed by atoms with E-state index in [2.05, 4.69) is 45.9 Å². The van der Waals surface area contributed by atoms with Crippen LogP contribution in [-0.4, -0.2) is 5.11 Å². The highest BCUT2D eigenvalue weighted by molar-refractivity contribution is 5.37. The normalized spacial score (nSPS) is 18.5. The zero-order valence-electron chi connectivity index (χ0n) is 12.8. The molecule has 0 aromatic heterocycles. The van der Waals surface area contributed by atoms with Crippen LogP contribution in [0, 0.1) is 5.92 Å². The van der Waals surface area contributed by atoms with Crippen molar-refractivity contribution in [3.63, 3.8) is 0 Å². The van der Waals surface area contributed by atoms with E-state index < -0.39 is 0 Å². The average molecular weight is 260 g/mol. The molecule has 0 amide bonds. The number of aliphatic hydroxyl groups is 1. The van der Waals surface area contributed by atoms with Gasteiger partial charge in [-0.15, -0.1) is 0 Å². The Bertz CT molecular complexity index is 414. The minimum Gasteiger partial charge on any atom is -0.388 e. The summed E-state index contributed by atoms with van der Waals surface area (Å²) >= 11 is 0. The topological polar surface area (TPSA) is 20.2 Å². The number of aliphatic hydroxyl groups excluding tert-OH is 1. The van der Waals surface area contributed by atoms with Gasteiger partial charge >= 0.3 is 0 Å². The van der Waals surface area contributed by atoms with Crippen LogP contribution in [0.4, 0.5) is 0 Å². The fourth-order valence-corrected chi connectivity index (χ4v) is 3.25. The molecule has 0 spiro atoms. The van der Waals surface area contributed by atoms with Gasteiger partial charge in [0, 0.05) is 0 Å². The molecule has 0 radical (unpaired) electrons. The van der Waals surface area contributed by atoms with Gasteiger partial charge in [-0.3, -0.25) is 0 Å². The lowest BCUT2D eigenvalue weighted by atomic mass is 9.85. The van der Waals surface area contributed by atoms with E-state index >= 15 is 0 Å². The van der Waals surface area contributed by atoms with Crippen molar-refractivity contribution in [2.75, 3.05) is 0 Å². The second-order valence-electron chi connectivity index (χ2n) is 6.69. The van der Waals surface area contributed by atoms with Crippen molar-refractivity contribution >= 4 is 0 Å². The second kappa shape index (κ2) is 6.09. The Morgan fingerprint density at radius 2 is 1.58 bits per heavy atom. The molecule has 0 bridgehead atoms. The Morgan fingerprint density at radius 3 is 2.11 bits per heavy atom. The van der Waals surface area contributed by atoms with E-state index in [0.717, 1.165) is 0 Å². The minimum absolute atomic E-state index is 0.263. The van der Waals surface area contributed by atoms with Crippen molar-refractivity contribution in [2.24, 2.45) is 5.92 Å². The van der Waals surface area contributed by atoms with Gasteiger partial charge in [0.1, 0.15) is 0 Å². The molecular formula is C18H28O. The molecule has 0 aliphatic heterocycles. The maximum atomic E-state index is 10.7. The van der Waals surface area contributed by atoms with Crippen LogP contribution in [-0.2, 0) is 0 Å². The largest absolute Gasteiger partial charge is 0.388 e. The third-order valence-corrected chi connectivity index (χ3v) is 4.56. The summed E-state index contributed by atoms with van der Waals surface area (Å²) in [7, 11) is 0. The fourth-order valence-electron chi connectivity index (χ4n) is 3.25. The second-order valence-corrected chi connectivity index (χ2v) is 6.69. The number of hydrogen-bond donors (Lipinski definition) is 1. The van der Waals surface area contributed by atoms with Gasteiger partial charge < -0.3 is 5.11 Å². The molecule has 1 aromatic carbocycles. The van der Waals surface area contributed by atoms with Gasteiger partial charge in [0.05, 0.1) is 6.10 Å². The molecule has 1 unspecified atom stereocenters. The van der Waals surface area contributed by atoms with Crippen molar-refractivity contribution in [3.8, 4) is 0 Å². The average Bonchev–Trinajstić information content (AvgIpc) is 2.90. The molecule has 1 atom stereocenters. The van der Waals surface area contributed by atoms with Crippen LogP contribution >= 0.6 is 0 Å². The molecule has 19 heavy (non-hydrogen) atoms. The summed E-state index contributed by atoms with van der Waals surface area (Å²) in [5.74, 6) is 1.50. The Balaban J connectivity index is 2.32. The van der Waals surface area contributed by atoms with Crippen molar-refractivity contribution in [1.82, 2.24) is 0 Å². The smallest absolute Gasteiger partial charge is 0.0820 e. The van der Waals surface area contributed by atoms with Crippen LogP contribution < -0.4 is 0 Å². The van der Waals surface area contributed by atoms with Crippen LogP contribution in [0.1, 0.15) is 88.0 Å². The highest BCUT2D eigenvalue weighted by Gasteiger charge is 2.26. The first kappa shape index (κ1) is 14.6. The van der Waals surface area contributed by atoms with Gasteiger partial charge in [0.2, 0.25) is 0 Å². The predicted molar refractivity (Wildman–Crippen MR) is 81.5 cm³/mol. The van der Waals surface area contributed by atoms with Gasteiger partial charge in [0.15, 0.2) is 0 Å². The van der Waals surface area contributed by atoms with Crippen LogP contribution in [0.3, 0.4) is 0 Å². The summed E-state index contributed by atoms with van der Waals surface area (Å²) in [5, 5.41) is 10.7. The van der Waals surface area contributed by atoms with E-state index in [1.165, 1.54) is 42.4 Å². The maximum absolute atomic E-state index is 10.7. The molecule has 1 N–H and O–H groups in total. The Hall–Kier alpha value is -0.820. The summed E-state index contributed by atoms with van der Waals surface area (Å²) in [6.07, 6.45) is 4.67. The van der Waals surface area contributed by atoms with E-state index in [4.69, 9.17) is 0 Å². The molecule has 106 valence electrons. The molecule has 0 saturated heterocycles. The lowest BCUT2D eigenvalue weighted by Gasteiger charge is -2.24. The summed E-state index contributed by atoms with van der Waals surface area (Å²) < 4.78 is 0. The van der Waals surface area contributed by atoms with Gasteiger partial charge in [-0.2, -0.15) is 0 Å². The Labute approximate surface area is 118 Å². The Morgan fingerprint density at radius 1 is 0.947 bits per heavy atom. The van der Waals surface area contributed by atoms with Crippen molar-refractivity contribution in [3.05, 3.63) is 34.9 Å². The molecule has 1 aliphatic rings. The lowest BCUT2D eigenvalue weighted by Crippen LogP contribution is -2.12. The van der Waals surface area contributed by atoms with Crippen molar-refractivity contribution < 1.29 is 5.11 Å². The quantitative estimate of drug-likeness (QED) is 0.793. The summed E-state index contributed by atoms with van der Waals surface area (Å²) in [6, 6.07) is 6.68. The van der Waals surface area contributed by atoms with E-state index in [9.17, 15) is 5.11 Å². The number of benzene rings is 1. The van der Waals surface area contributed by atoms with Crippen LogP contribution in [0.15, 0.2) is 18.2 Å². The molecule has 1 saturated carbocycles. The predicted octanol–water partition coefficient (Wildman–Crippen LogP) is 5.16. The molecule has 1 fully saturated rings. The van der Waals surface area contributed by atoms with Crippen LogP contribution in [0.2, 0.25) is 0 Å². The number of hydrogen-bond acceptors (Lipinski definition) is 1. The molecule has 1 aliphatic carbocycles. The van der Waals surface area contributed by atoms with Crippen molar-refractivity contribution in [2.45, 2.75) is 71.3 Å². The Kier molecular flexibility index (Phi) is 4.67. The first-order chi connectivity index (χ1) is 9.00. The van der Waals surface area contributed by atoms with Crippen molar-refractivity contribution in [1.29, 1.82) is 0 Å². The monoisotopic (exact) mass is 260 g/mol. The zero-order chi connectivity index (χ0) is 14.0. The van der Waals surface area contributed by atoms with E-state index in [-0.39, 0.29) is 6.10 Å². The van der Waals surface area contributed by atoms with Crippen LogP contribution in [0.5, 0.6) is 0 Å². The zero-order valence-corrected chi connectivity index (χ0v) is 12.8. The molecule has 1 heteroatoms. The molecule has 0 heterocycles. The van der Waals surface area contributed by atoms with E-state index in [1.807, 2.05) is 0 Å². The molecule has 1 nitrogen and oxygen atoms in total. The summed E-state index contributed by atoms with van der Waals surface area (Å²) in [4.78, 5) is 0. The fraction of sp³-hybridized carbons (Fsp3) is 0.667. The molecule has 1 aromatic rings. The third-order valence-electron chi connectivity index (χ3n) is 4.56. The van der Waals surface area contributed by atoms with E-state index in [1.54, 1.807) is 0 Å². The highest BCUT2D eigenvalue weighted by atomic mass is 16.3. The van der Waals surface area contributed by atoms with E-state index in [0.29, 0.717) is 17.8 Å². The summed E-state index contributed by atoms with van der Waals surface area (Å²) in [5.41, 5.74) is 3.89. The third kappa shape index (κ3) is 3.20. The van der Waals surface area contributed by atoms with Gasteiger partial charge in [-0.25, -0.2) is 0 Å². The standard InChI is InChI=1S/C18H28O/c1-12(2)15-9-10-16(17(11-15)13(3)4)18(19)14-7-5-6-8-14/h9-14,18-19H,5-8H2,1-4H3. The lowest BCUT2D eigenvalue weighted by molar-refractivity contribution is 0.110. The number of rotatable bonds is 4. The van der Waals surface area contributed by atoms with Gasteiger partial charge in [-0.05, 0) is 47.3 Å². The maximum Gasteiger partial charge on any atom is 0.0820 e. The van der Waals surface area contributed by atoms with Crippen LogP contribution in [0.25, 0.3) is 0 Å².